The number of fused-ring (bicyclic) bond motifs is 1. The molecule has 0 amide bonds. The number of rotatable bonds is 3. The molecule has 1 aromatic carbocycles. The molecule has 0 saturated carbocycles. The third kappa shape index (κ3) is 3.30. The summed E-state index contributed by atoms with van der Waals surface area (Å²) in [6, 6.07) is 9.10. The van der Waals surface area contributed by atoms with E-state index in [1.54, 1.807) is 18.3 Å². The maximum atomic E-state index is 10.3. The normalized spacial score (nSPS) is 18.2. The molecular formula is C19H20ClN5O. The van der Waals surface area contributed by atoms with E-state index < -0.39 is 0 Å². The van der Waals surface area contributed by atoms with Gasteiger partial charge in [0.25, 0.3) is 0 Å². The summed E-state index contributed by atoms with van der Waals surface area (Å²) in [5.74, 6) is 0.754. The first-order valence-electron chi connectivity index (χ1n) is 8.67. The molecule has 1 saturated heterocycles. The molecule has 134 valence electrons. The van der Waals surface area contributed by atoms with Crippen LogP contribution in [0.3, 0.4) is 0 Å². The van der Waals surface area contributed by atoms with E-state index in [1.807, 2.05) is 12.1 Å². The van der Waals surface area contributed by atoms with E-state index in [4.69, 9.17) is 11.6 Å². The summed E-state index contributed by atoms with van der Waals surface area (Å²) in [6.45, 7) is 2.09. The van der Waals surface area contributed by atoms with Gasteiger partial charge in [-0.25, -0.2) is 0 Å². The molecule has 0 unspecified atom stereocenters. The number of hydrogen-bond acceptors (Lipinski definition) is 6. The van der Waals surface area contributed by atoms with Crippen molar-refractivity contribution in [2.24, 2.45) is 0 Å². The first kappa shape index (κ1) is 17.0. The Labute approximate surface area is 156 Å². The number of aromatic nitrogens is 3. The van der Waals surface area contributed by atoms with E-state index in [1.165, 1.54) is 6.07 Å². The van der Waals surface area contributed by atoms with E-state index in [0.717, 1.165) is 36.8 Å². The highest BCUT2D eigenvalue weighted by Gasteiger charge is 2.20. The second-order valence-electron chi connectivity index (χ2n) is 6.70. The maximum absolute atomic E-state index is 10.3. The Bertz CT molecular complexity index is 948. The van der Waals surface area contributed by atoms with Crippen LogP contribution in [0.25, 0.3) is 22.2 Å². The highest BCUT2D eigenvalue weighted by molar-refractivity contribution is 6.30. The molecule has 26 heavy (non-hydrogen) atoms. The van der Waals surface area contributed by atoms with Gasteiger partial charge in [-0.2, -0.15) is 0 Å². The Balaban J connectivity index is 1.76. The Hall–Kier alpha value is -2.44. The monoisotopic (exact) mass is 369 g/mol. The molecule has 3 aromatic rings. The number of hydrogen-bond donors (Lipinski definition) is 2. The van der Waals surface area contributed by atoms with E-state index >= 15 is 0 Å². The molecule has 0 bridgehead atoms. The lowest BCUT2D eigenvalue weighted by atomic mass is 10.0. The minimum absolute atomic E-state index is 0.0755. The van der Waals surface area contributed by atoms with Gasteiger partial charge in [0.05, 0.1) is 0 Å². The summed E-state index contributed by atoms with van der Waals surface area (Å²) in [7, 11) is 2.13. The topological polar surface area (TPSA) is 74.2 Å². The van der Waals surface area contributed by atoms with Crippen LogP contribution in [0.4, 0.5) is 5.82 Å². The van der Waals surface area contributed by atoms with Gasteiger partial charge in [0, 0.05) is 34.8 Å². The van der Waals surface area contributed by atoms with Crippen LogP contribution in [0.2, 0.25) is 5.02 Å². The van der Waals surface area contributed by atoms with Crippen molar-refractivity contribution in [3.8, 4) is 17.0 Å². The number of likely N-dealkylation sites (tertiary alicyclic amines) is 1. The van der Waals surface area contributed by atoms with Gasteiger partial charge in [-0.15, -0.1) is 10.2 Å². The van der Waals surface area contributed by atoms with Crippen LogP contribution in [0.15, 0.2) is 36.5 Å². The lowest BCUT2D eigenvalue weighted by Gasteiger charge is -2.30. The molecule has 0 radical (unpaired) electrons. The zero-order chi connectivity index (χ0) is 18.1. The van der Waals surface area contributed by atoms with Crippen molar-refractivity contribution in [2.45, 2.75) is 18.9 Å². The summed E-state index contributed by atoms with van der Waals surface area (Å²) < 4.78 is 0. The highest BCUT2D eigenvalue weighted by Crippen LogP contribution is 2.35. The number of phenolic OH excluding ortho intramolecular Hbond substituents is 1. The molecular weight excluding hydrogens is 350 g/mol. The number of phenols is 1. The van der Waals surface area contributed by atoms with Crippen molar-refractivity contribution < 1.29 is 5.11 Å². The van der Waals surface area contributed by atoms with E-state index in [0.29, 0.717) is 28.1 Å². The van der Waals surface area contributed by atoms with E-state index in [-0.39, 0.29) is 5.75 Å². The fourth-order valence-corrected chi connectivity index (χ4v) is 3.63. The number of nitrogens with one attached hydrogen (secondary N) is 1. The van der Waals surface area contributed by atoms with Gasteiger partial charge in [0.15, 0.2) is 5.82 Å². The molecule has 4 rings (SSSR count). The summed E-state index contributed by atoms with van der Waals surface area (Å²) in [5.41, 5.74) is 1.93. The molecule has 1 aliphatic rings. The third-order valence-electron chi connectivity index (χ3n) is 4.72. The predicted octanol–water partition coefficient (Wildman–Crippen LogP) is 3.56. The van der Waals surface area contributed by atoms with Crippen LogP contribution in [-0.2, 0) is 0 Å². The number of halogens is 1. The van der Waals surface area contributed by atoms with Crippen molar-refractivity contribution in [1.29, 1.82) is 0 Å². The molecule has 2 aromatic heterocycles. The van der Waals surface area contributed by atoms with Crippen molar-refractivity contribution in [1.82, 2.24) is 20.1 Å². The number of benzene rings is 1. The van der Waals surface area contributed by atoms with Crippen molar-refractivity contribution >= 4 is 28.3 Å². The number of anilines is 1. The van der Waals surface area contributed by atoms with Crippen LogP contribution >= 0.6 is 11.6 Å². The van der Waals surface area contributed by atoms with Crippen molar-refractivity contribution in [2.75, 3.05) is 25.5 Å². The Morgan fingerprint density at radius 1 is 1.27 bits per heavy atom. The molecule has 1 atom stereocenters. The molecule has 0 aliphatic carbocycles. The Morgan fingerprint density at radius 3 is 2.96 bits per heavy atom. The summed E-state index contributed by atoms with van der Waals surface area (Å²) in [4.78, 5) is 6.82. The van der Waals surface area contributed by atoms with Crippen LogP contribution in [0.5, 0.6) is 5.75 Å². The number of aromatic hydroxyl groups is 1. The maximum Gasteiger partial charge on any atom is 0.175 e. The minimum atomic E-state index is 0.0755. The van der Waals surface area contributed by atoms with Gasteiger partial charge in [0.2, 0.25) is 0 Å². The first-order valence-corrected chi connectivity index (χ1v) is 9.05. The van der Waals surface area contributed by atoms with E-state index in [9.17, 15) is 5.11 Å². The predicted molar refractivity (Wildman–Crippen MR) is 104 cm³/mol. The van der Waals surface area contributed by atoms with Crippen LogP contribution in [0, 0.1) is 0 Å². The van der Waals surface area contributed by atoms with Crippen LogP contribution in [0.1, 0.15) is 12.8 Å². The van der Waals surface area contributed by atoms with Gasteiger partial charge in [0.1, 0.15) is 17.0 Å². The minimum Gasteiger partial charge on any atom is -0.507 e. The van der Waals surface area contributed by atoms with Gasteiger partial charge >= 0.3 is 0 Å². The largest absolute Gasteiger partial charge is 0.507 e. The SMILES string of the molecule is CN1CCC[C@@H](Nc2nnc(-c3ccc(Cl)cc3O)c3cccnc23)C1. The Morgan fingerprint density at radius 2 is 2.15 bits per heavy atom. The molecule has 1 fully saturated rings. The van der Waals surface area contributed by atoms with Crippen LogP contribution in [-0.4, -0.2) is 51.4 Å². The molecule has 7 heteroatoms. The standard InChI is InChI=1S/C19H20ClN5O/c1-25-9-3-4-13(11-25)22-19-18-15(5-2-8-21-18)17(23-24-19)14-7-6-12(20)10-16(14)26/h2,5-8,10,13,26H,3-4,9,11H2,1H3,(H,22,24)/t13-/m1/s1. The summed E-state index contributed by atoms with van der Waals surface area (Å²) in [5, 5.41) is 23.8. The molecule has 6 nitrogen and oxygen atoms in total. The third-order valence-corrected chi connectivity index (χ3v) is 4.95. The van der Waals surface area contributed by atoms with Gasteiger partial charge < -0.3 is 15.3 Å². The average molecular weight is 370 g/mol. The zero-order valence-electron chi connectivity index (χ0n) is 14.5. The lowest BCUT2D eigenvalue weighted by molar-refractivity contribution is 0.261. The molecule has 3 heterocycles. The zero-order valence-corrected chi connectivity index (χ0v) is 15.2. The molecule has 2 N–H and O–H groups in total. The number of likely N-dealkylation sites (N-methyl/N-ethyl adjacent to an activating group) is 1. The molecule has 0 spiro atoms. The molecule has 1 aliphatic heterocycles. The Kier molecular flexibility index (Phi) is 4.61. The average Bonchev–Trinajstić information content (AvgIpc) is 2.63. The van der Waals surface area contributed by atoms with Gasteiger partial charge in [-0.3, -0.25) is 4.98 Å². The van der Waals surface area contributed by atoms with Crippen molar-refractivity contribution in [3.05, 3.63) is 41.6 Å². The van der Waals surface area contributed by atoms with Gasteiger partial charge in [-0.1, -0.05) is 11.6 Å². The number of piperidine rings is 1. The van der Waals surface area contributed by atoms with Crippen molar-refractivity contribution in [3.63, 3.8) is 0 Å². The first-order chi connectivity index (χ1) is 12.6. The van der Waals surface area contributed by atoms with Crippen LogP contribution < -0.4 is 5.32 Å². The lowest BCUT2D eigenvalue weighted by Crippen LogP contribution is -2.40. The number of pyridine rings is 1. The fourth-order valence-electron chi connectivity index (χ4n) is 3.47. The fraction of sp³-hybridized carbons (Fsp3) is 0.316. The summed E-state index contributed by atoms with van der Waals surface area (Å²) in [6.07, 6.45) is 4.00. The summed E-state index contributed by atoms with van der Waals surface area (Å²) >= 11 is 5.95. The van der Waals surface area contributed by atoms with E-state index in [2.05, 4.69) is 32.4 Å². The smallest absolute Gasteiger partial charge is 0.175 e. The van der Waals surface area contributed by atoms with Gasteiger partial charge in [-0.05, 0) is 56.8 Å². The number of nitrogens with zero attached hydrogens (tertiary/aromatic N) is 4. The second-order valence-corrected chi connectivity index (χ2v) is 7.14. The highest BCUT2D eigenvalue weighted by atomic mass is 35.5. The quantitative estimate of drug-likeness (QED) is 0.735. The second kappa shape index (κ2) is 7.05.